The van der Waals surface area contributed by atoms with E-state index in [0.717, 1.165) is 32.1 Å². The van der Waals surface area contributed by atoms with E-state index in [9.17, 15) is 9.90 Å². The second-order valence-electron chi connectivity index (χ2n) is 6.01. The monoisotopic (exact) mass is 272 g/mol. The van der Waals surface area contributed by atoms with E-state index < -0.39 is 6.09 Å². The molecule has 1 saturated heterocycles. The van der Waals surface area contributed by atoms with Gasteiger partial charge in [0.2, 0.25) is 0 Å². The number of likely N-dealkylation sites (tertiary alicyclic amines) is 1. The van der Waals surface area contributed by atoms with Gasteiger partial charge in [0.05, 0.1) is 6.10 Å². The Labute approximate surface area is 116 Å². The van der Waals surface area contributed by atoms with E-state index in [1.807, 2.05) is 0 Å². The molecule has 1 aliphatic rings. The molecule has 3 N–H and O–H groups in total. The largest absolute Gasteiger partial charge is 0.428 e. The lowest BCUT2D eigenvalue weighted by molar-refractivity contribution is 0.0105. The molecule has 5 nitrogen and oxygen atoms in total. The smallest absolute Gasteiger partial charge is 0.393 e. The molecule has 1 heterocycles. The zero-order valence-electron chi connectivity index (χ0n) is 12.3. The van der Waals surface area contributed by atoms with Gasteiger partial charge in [0, 0.05) is 18.5 Å². The Morgan fingerprint density at radius 3 is 2.68 bits per heavy atom. The summed E-state index contributed by atoms with van der Waals surface area (Å²) in [6, 6.07) is 0.182. The Kier molecular flexibility index (Phi) is 6.58. The average molecular weight is 272 g/mol. The number of piperidine rings is 1. The van der Waals surface area contributed by atoms with Crippen molar-refractivity contribution >= 4 is 6.09 Å². The van der Waals surface area contributed by atoms with E-state index in [-0.39, 0.29) is 18.1 Å². The lowest BCUT2D eigenvalue weighted by Gasteiger charge is -2.40. The number of rotatable bonds is 5. The number of carbonyl (C=O) groups excluding carboxylic acids is 1. The maximum absolute atomic E-state index is 11.8. The fourth-order valence-electron chi connectivity index (χ4n) is 2.98. The summed E-state index contributed by atoms with van der Waals surface area (Å²) in [5, 5.41) is 10.1. The van der Waals surface area contributed by atoms with Crippen molar-refractivity contribution in [1.82, 2.24) is 4.90 Å². The van der Waals surface area contributed by atoms with E-state index in [4.69, 9.17) is 5.90 Å². The van der Waals surface area contributed by atoms with Gasteiger partial charge in [-0.15, -0.1) is 0 Å². The maximum atomic E-state index is 11.8. The zero-order valence-corrected chi connectivity index (χ0v) is 12.3. The lowest BCUT2D eigenvalue weighted by atomic mass is 9.85. The van der Waals surface area contributed by atoms with Gasteiger partial charge in [0.15, 0.2) is 0 Å². The van der Waals surface area contributed by atoms with Gasteiger partial charge in [-0.2, -0.15) is 5.90 Å². The van der Waals surface area contributed by atoms with Gasteiger partial charge < -0.3 is 14.8 Å². The third-order valence-corrected chi connectivity index (χ3v) is 3.95. The molecule has 0 bridgehead atoms. The van der Waals surface area contributed by atoms with Crippen molar-refractivity contribution in [3.05, 3.63) is 0 Å². The van der Waals surface area contributed by atoms with Crippen LogP contribution < -0.4 is 5.90 Å². The van der Waals surface area contributed by atoms with E-state index in [2.05, 4.69) is 25.6 Å². The summed E-state index contributed by atoms with van der Waals surface area (Å²) in [6.07, 6.45) is 3.76. The van der Waals surface area contributed by atoms with Crippen LogP contribution in [0.2, 0.25) is 0 Å². The first kappa shape index (κ1) is 16.2. The molecule has 0 aromatic carbocycles. The number of aliphatic hydroxyl groups is 1. The van der Waals surface area contributed by atoms with Crippen molar-refractivity contribution in [3.63, 3.8) is 0 Å². The fraction of sp³-hybridized carbons (Fsp3) is 0.929. The standard InChI is InChI=1S/C14H28N2O3/c1-4-5-13(17)11-6-7-12(8-10(2)3)16(9-11)14(18)19-15/h10-13,17H,4-9,15H2,1-3H3. The molecule has 0 spiro atoms. The number of amides is 1. The Hall–Kier alpha value is -0.810. The molecule has 0 saturated carbocycles. The van der Waals surface area contributed by atoms with Crippen LogP contribution in [0, 0.1) is 11.8 Å². The lowest BCUT2D eigenvalue weighted by Crippen LogP contribution is -2.50. The normalized spacial score (nSPS) is 25.5. The minimum absolute atomic E-state index is 0.141. The molecular weight excluding hydrogens is 244 g/mol. The van der Waals surface area contributed by atoms with Crippen LogP contribution in [-0.4, -0.2) is 34.8 Å². The minimum Gasteiger partial charge on any atom is -0.393 e. The van der Waals surface area contributed by atoms with E-state index in [1.54, 1.807) is 4.90 Å². The average Bonchev–Trinajstić information content (AvgIpc) is 2.37. The second-order valence-corrected chi connectivity index (χ2v) is 6.01. The van der Waals surface area contributed by atoms with Gasteiger partial charge in [-0.05, 0) is 31.6 Å². The summed E-state index contributed by atoms with van der Waals surface area (Å²) in [5.74, 6) is 5.69. The SMILES string of the molecule is CCCC(O)C1CCC(CC(C)C)N(C(=O)ON)C1. The molecule has 19 heavy (non-hydrogen) atoms. The molecule has 1 amide bonds. The first-order chi connectivity index (χ1) is 8.99. The highest BCUT2D eigenvalue weighted by Crippen LogP contribution is 2.29. The van der Waals surface area contributed by atoms with Crippen LogP contribution in [0.5, 0.6) is 0 Å². The number of hydrogen-bond acceptors (Lipinski definition) is 4. The molecule has 3 atom stereocenters. The Morgan fingerprint density at radius 1 is 1.47 bits per heavy atom. The second kappa shape index (κ2) is 7.70. The van der Waals surface area contributed by atoms with Crippen LogP contribution in [0.25, 0.3) is 0 Å². The van der Waals surface area contributed by atoms with Crippen LogP contribution >= 0.6 is 0 Å². The van der Waals surface area contributed by atoms with Crippen LogP contribution in [0.4, 0.5) is 4.79 Å². The van der Waals surface area contributed by atoms with E-state index >= 15 is 0 Å². The van der Waals surface area contributed by atoms with Crippen molar-refractivity contribution < 1.29 is 14.7 Å². The predicted molar refractivity (Wildman–Crippen MR) is 74.3 cm³/mol. The molecule has 3 unspecified atom stereocenters. The Balaban J connectivity index is 2.67. The summed E-state index contributed by atoms with van der Waals surface area (Å²) in [6.45, 7) is 6.89. The number of carbonyl (C=O) groups is 1. The van der Waals surface area contributed by atoms with Gasteiger partial charge in [-0.25, -0.2) is 4.79 Å². The summed E-state index contributed by atoms with van der Waals surface area (Å²) in [5.41, 5.74) is 0. The topological polar surface area (TPSA) is 75.8 Å². The van der Waals surface area contributed by atoms with Crippen molar-refractivity contribution in [2.24, 2.45) is 17.7 Å². The summed E-state index contributed by atoms with van der Waals surface area (Å²) in [4.78, 5) is 17.9. The third kappa shape index (κ3) is 4.66. The third-order valence-electron chi connectivity index (χ3n) is 3.95. The van der Waals surface area contributed by atoms with Gasteiger partial charge >= 0.3 is 6.09 Å². The summed E-state index contributed by atoms with van der Waals surface area (Å²) >= 11 is 0. The Morgan fingerprint density at radius 2 is 2.16 bits per heavy atom. The highest BCUT2D eigenvalue weighted by Gasteiger charge is 2.35. The van der Waals surface area contributed by atoms with Crippen LogP contribution in [0.3, 0.4) is 0 Å². The molecule has 0 aliphatic carbocycles. The number of aliphatic hydroxyl groups excluding tert-OH is 1. The molecule has 1 rings (SSSR count). The fourth-order valence-corrected chi connectivity index (χ4v) is 2.98. The maximum Gasteiger partial charge on any atom is 0.428 e. The van der Waals surface area contributed by atoms with Gasteiger partial charge in [0.25, 0.3) is 0 Å². The van der Waals surface area contributed by atoms with Crippen LogP contribution in [0.15, 0.2) is 0 Å². The number of nitrogens with two attached hydrogens (primary N) is 1. The molecule has 5 heteroatoms. The van der Waals surface area contributed by atoms with E-state index in [1.165, 1.54) is 0 Å². The van der Waals surface area contributed by atoms with Gasteiger partial charge in [-0.1, -0.05) is 27.2 Å². The van der Waals surface area contributed by atoms with Gasteiger partial charge in [-0.3, -0.25) is 0 Å². The highest BCUT2D eigenvalue weighted by molar-refractivity contribution is 5.67. The Bertz CT molecular complexity index is 284. The molecule has 1 aliphatic heterocycles. The van der Waals surface area contributed by atoms with Crippen LogP contribution in [-0.2, 0) is 4.84 Å². The number of nitrogens with zero attached hydrogens (tertiary/aromatic N) is 1. The van der Waals surface area contributed by atoms with Gasteiger partial charge in [0.1, 0.15) is 0 Å². The number of hydrogen-bond donors (Lipinski definition) is 2. The van der Waals surface area contributed by atoms with Crippen molar-refractivity contribution in [3.8, 4) is 0 Å². The first-order valence-corrected chi connectivity index (χ1v) is 7.34. The predicted octanol–water partition coefficient (Wildman–Crippen LogP) is 2.28. The molecule has 0 radical (unpaired) electrons. The summed E-state index contributed by atoms with van der Waals surface area (Å²) in [7, 11) is 0. The van der Waals surface area contributed by atoms with Crippen molar-refractivity contribution in [2.45, 2.75) is 65.0 Å². The first-order valence-electron chi connectivity index (χ1n) is 7.34. The molecular formula is C14H28N2O3. The van der Waals surface area contributed by atoms with E-state index in [0.29, 0.717) is 12.5 Å². The summed E-state index contributed by atoms with van der Waals surface area (Å²) < 4.78 is 0. The highest BCUT2D eigenvalue weighted by atomic mass is 16.7. The van der Waals surface area contributed by atoms with Crippen molar-refractivity contribution in [1.29, 1.82) is 0 Å². The van der Waals surface area contributed by atoms with Crippen LogP contribution in [0.1, 0.15) is 52.9 Å². The minimum atomic E-state index is -0.473. The van der Waals surface area contributed by atoms with Crippen molar-refractivity contribution in [2.75, 3.05) is 6.54 Å². The molecule has 1 fully saturated rings. The molecule has 112 valence electrons. The quantitative estimate of drug-likeness (QED) is 0.753. The molecule has 0 aromatic heterocycles. The zero-order chi connectivity index (χ0) is 14.4. The molecule has 0 aromatic rings.